The summed E-state index contributed by atoms with van der Waals surface area (Å²) in [7, 11) is 0. The summed E-state index contributed by atoms with van der Waals surface area (Å²) in [6, 6.07) is 10.4. The van der Waals surface area contributed by atoms with Gasteiger partial charge in [-0.25, -0.2) is 0 Å². The van der Waals surface area contributed by atoms with Crippen molar-refractivity contribution in [2.45, 2.75) is 19.4 Å². The second-order valence-corrected chi connectivity index (χ2v) is 6.84. The summed E-state index contributed by atoms with van der Waals surface area (Å²) < 4.78 is 8.71. The molecule has 3 heterocycles. The number of nitrogens with zero attached hydrogens (tertiary/aromatic N) is 4. The molecule has 124 valence electrons. The molecule has 1 aliphatic heterocycles. The third-order valence-electron chi connectivity index (χ3n) is 4.76. The minimum Gasteiger partial charge on any atom is -0.371 e. The molecule has 1 saturated heterocycles. The molecular formula is C18H21N5S. The lowest BCUT2D eigenvalue weighted by molar-refractivity contribution is 0.382. The first-order chi connectivity index (χ1) is 11.9. The van der Waals surface area contributed by atoms with Crippen LogP contribution in [0.1, 0.15) is 18.4 Å². The van der Waals surface area contributed by atoms with Crippen LogP contribution >= 0.6 is 11.7 Å². The number of aromatic nitrogens is 3. The van der Waals surface area contributed by atoms with Crippen LogP contribution in [-0.2, 0) is 6.54 Å². The Morgan fingerprint density at radius 3 is 2.75 bits per heavy atom. The van der Waals surface area contributed by atoms with Crippen molar-refractivity contribution in [1.29, 1.82) is 0 Å². The molecule has 0 atom stereocenters. The predicted octanol–water partition coefficient (Wildman–Crippen LogP) is 3.09. The molecule has 1 N–H and O–H groups in total. The van der Waals surface area contributed by atoms with Crippen LogP contribution in [0.15, 0.2) is 42.7 Å². The van der Waals surface area contributed by atoms with Crippen molar-refractivity contribution in [3.05, 3.63) is 48.3 Å². The maximum Gasteiger partial charge on any atom is 0.109 e. The highest BCUT2D eigenvalue weighted by atomic mass is 32.1. The molecule has 0 bridgehead atoms. The molecule has 1 fully saturated rings. The summed E-state index contributed by atoms with van der Waals surface area (Å²) in [6.45, 7) is 4.19. The van der Waals surface area contributed by atoms with E-state index in [-0.39, 0.29) is 0 Å². The highest BCUT2D eigenvalue weighted by Crippen LogP contribution is 2.22. The summed E-state index contributed by atoms with van der Waals surface area (Å²) in [4.78, 5) is 6.55. The predicted molar refractivity (Wildman–Crippen MR) is 98.3 cm³/mol. The van der Waals surface area contributed by atoms with Crippen molar-refractivity contribution >= 4 is 28.4 Å². The quantitative estimate of drug-likeness (QED) is 0.774. The first kappa shape index (κ1) is 15.5. The number of pyridine rings is 1. The van der Waals surface area contributed by atoms with Crippen LogP contribution in [0.25, 0.3) is 11.0 Å². The third kappa shape index (κ3) is 3.39. The highest BCUT2D eigenvalue weighted by Gasteiger charge is 2.19. The Morgan fingerprint density at radius 2 is 1.92 bits per heavy atom. The van der Waals surface area contributed by atoms with Crippen molar-refractivity contribution in [2.24, 2.45) is 5.92 Å². The van der Waals surface area contributed by atoms with Gasteiger partial charge in [-0.3, -0.25) is 4.98 Å². The van der Waals surface area contributed by atoms with Gasteiger partial charge in [-0.1, -0.05) is 12.1 Å². The number of nitrogens with one attached hydrogen (secondary N) is 1. The topological polar surface area (TPSA) is 53.9 Å². The van der Waals surface area contributed by atoms with Crippen LogP contribution in [0.5, 0.6) is 0 Å². The molecule has 0 spiro atoms. The number of hydrogen-bond acceptors (Lipinski definition) is 6. The lowest BCUT2D eigenvalue weighted by Gasteiger charge is -2.33. The normalized spacial score (nSPS) is 15.9. The lowest BCUT2D eigenvalue weighted by Crippen LogP contribution is -2.37. The van der Waals surface area contributed by atoms with Gasteiger partial charge < -0.3 is 10.2 Å². The molecule has 1 aromatic carbocycles. The van der Waals surface area contributed by atoms with Crippen LogP contribution in [0.4, 0.5) is 5.69 Å². The minimum atomic E-state index is 0.746. The van der Waals surface area contributed by atoms with Gasteiger partial charge in [0, 0.05) is 37.7 Å². The van der Waals surface area contributed by atoms with Gasteiger partial charge in [-0.05, 0) is 49.1 Å². The van der Waals surface area contributed by atoms with E-state index >= 15 is 0 Å². The van der Waals surface area contributed by atoms with E-state index in [4.69, 9.17) is 0 Å². The van der Waals surface area contributed by atoms with Gasteiger partial charge in [0.25, 0.3) is 0 Å². The molecule has 0 saturated carbocycles. The molecule has 3 aromatic rings. The average molecular weight is 339 g/mol. The van der Waals surface area contributed by atoms with Gasteiger partial charge in [0.15, 0.2) is 0 Å². The molecule has 24 heavy (non-hydrogen) atoms. The summed E-state index contributed by atoms with van der Waals surface area (Å²) in [5.74, 6) is 0.746. The molecule has 4 rings (SSSR count). The van der Waals surface area contributed by atoms with Gasteiger partial charge in [-0.2, -0.15) is 8.75 Å². The Hall–Kier alpha value is -2.05. The number of rotatable bonds is 5. The van der Waals surface area contributed by atoms with Crippen molar-refractivity contribution < 1.29 is 0 Å². The summed E-state index contributed by atoms with van der Waals surface area (Å²) >= 11 is 1.29. The van der Waals surface area contributed by atoms with Crippen LogP contribution in [0.2, 0.25) is 0 Å². The van der Waals surface area contributed by atoms with Crippen molar-refractivity contribution in [2.75, 3.05) is 24.5 Å². The monoisotopic (exact) mass is 339 g/mol. The molecule has 0 aliphatic carbocycles. The zero-order chi connectivity index (χ0) is 16.2. The van der Waals surface area contributed by atoms with E-state index in [1.165, 1.54) is 35.8 Å². The molecule has 0 unspecified atom stereocenters. The third-order valence-corrected chi connectivity index (χ3v) is 5.30. The zero-order valence-electron chi connectivity index (χ0n) is 13.6. The van der Waals surface area contributed by atoms with E-state index in [1.54, 1.807) is 0 Å². The smallest absolute Gasteiger partial charge is 0.109 e. The van der Waals surface area contributed by atoms with E-state index in [9.17, 15) is 0 Å². The fraction of sp³-hybridized carbons (Fsp3) is 0.389. The highest BCUT2D eigenvalue weighted by molar-refractivity contribution is 7.00. The molecule has 0 amide bonds. The molecule has 5 nitrogen and oxygen atoms in total. The minimum absolute atomic E-state index is 0.746. The zero-order valence-corrected chi connectivity index (χ0v) is 14.4. The largest absolute Gasteiger partial charge is 0.371 e. The molecule has 2 aromatic heterocycles. The Bertz CT molecular complexity index is 780. The van der Waals surface area contributed by atoms with Crippen molar-refractivity contribution in [3.63, 3.8) is 0 Å². The maximum absolute atomic E-state index is 4.41. The first-order valence-corrected chi connectivity index (χ1v) is 9.19. The molecule has 1 aliphatic rings. The number of anilines is 1. The maximum atomic E-state index is 4.41. The molecule has 0 radical (unpaired) electrons. The Morgan fingerprint density at radius 1 is 1.08 bits per heavy atom. The van der Waals surface area contributed by atoms with Crippen LogP contribution in [-0.4, -0.2) is 33.4 Å². The van der Waals surface area contributed by atoms with E-state index in [0.29, 0.717) is 0 Å². The number of fused-ring (bicyclic) bond motifs is 1. The van der Waals surface area contributed by atoms with E-state index in [2.05, 4.69) is 48.2 Å². The van der Waals surface area contributed by atoms with Gasteiger partial charge in [0.05, 0.1) is 11.7 Å². The standard InChI is InChI=1S/C18H21N5S/c1-2-15(18-17(3-1)21-24-22-18)13-20-12-14-6-10-23(11-7-14)16-4-8-19-9-5-16/h1-5,8-9,14,20H,6-7,10-13H2. The molecule has 6 heteroatoms. The SMILES string of the molecule is c1cc(CNCC2CCN(c3ccncc3)CC2)c2nsnc2c1. The van der Waals surface area contributed by atoms with Gasteiger partial charge in [0.2, 0.25) is 0 Å². The Labute approximate surface area is 146 Å². The summed E-state index contributed by atoms with van der Waals surface area (Å²) in [5.41, 5.74) is 4.59. The number of benzene rings is 1. The van der Waals surface area contributed by atoms with E-state index < -0.39 is 0 Å². The summed E-state index contributed by atoms with van der Waals surface area (Å²) in [6.07, 6.45) is 6.21. The Balaban J connectivity index is 1.27. The van der Waals surface area contributed by atoms with Gasteiger partial charge in [-0.15, -0.1) is 0 Å². The van der Waals surface area contributed by atoms with Crippen LogP contribution in [0.3, 0.4) is 0 Å². The van der Waals surface area contributed by atoms with Crippen LogP contribution in [0, 0.1) is 5.92 Å². The van der Waals surface area contributed by atoms with Gasteiger partial charge in [0.1, 0.15) is 11.0 Å². The van der Waals surface area contributed by atoms with Gasteiger partial charge >= 0.3 is 0 Å². The van der Waals surface area contributed by atoms with Crippen molar-refractivity contribution in [1.82, 2.24) is 19.0 Å². The van der Waals surface area contributed by atoms with Crippen LogP contribution < -0.4 is 10.2 Å². The number of hydrogen-bond donors (Lipinski definition) is 1. The Kier molecular flexibility index (Phi) is 4.66. The van der Waals surface area contributed by atoms with E-state index in [1.807, 2.05) is 18.5 Å². The summed E-state index contributed by atoms with van der Waals surface area (Å²) in [5, 5.41) is 3.62. The second-order valence-electron chi connectivity index (χ2n) is 6.32. The number of piperidine rings is 1. The fourth-order valence-corrected chi connectivity index (χ4v) is 3.93. The first-order valence-electron chi connectivity index (χ1n) is 8.46. The molecular weight excluding hydrogens is 318 g/mol. The lowest BCUT2D eigenvalue weighted by atomic mass is 9.96. The average Bonchev–Trinajstić information content (AvgIpc) is 3.13. The van der Waals surface area contributed by atoms with Crippen molar-refractivity contribution in [3.8, 4) is 0 Å². The fourth-order valence-electron chi connectivity index (χ4n) is 3.37. The van der Waals surface area contributed by atoms with E-state index in [0.717, 1.165) is 43.1 Å². The second kappa shape index (κ2) is 7.23.